The van der Waals surface area contributed by atoms with Crippen LogP contribution in [-0.2, 0) is 6.61 Å². The summed E-state index contributed by atoms with van der Waals surface area (Å²) in [6.07, 6.45) is -1.43. The fraction of sp³-hybridized carbons (Fsp3) is 0.105. The monoisotopic (exact) mass is 340 g/mol. The number of aryl methyl sites for hydroxylation is 1. The summed E-state index contributed by atoms with van der Waals surface area (Å²) in [7, 11) is 0. The van der Waals surface area contributed by atoms with Crippen molar-refractivity contribution in [3.8, 4) is 28.6 Å². The van der Waals surface area contributed by atoms with Gasteiger partial charge in [-0.2, -0.15) is 0 Å². The first-order valence-corrected chi connectivity index (χ1v) is 7.53. The summed E-state index contributed by atoms with van der Waals surface area (Å²) < 4.78 is 15.4. The zero-order valence-electron chi connectivity index (χ0n) is 13.4. The van der Waals surface area contributed by atoms with E-state index in [4.69, 9.17) is 14.3 Å². The van der Waals surface area contributed by atoms with Crippen molar-refractivity contribution >= 4 is 6.16 Å². The first kappa shape index (κ1) is 16.4. The Morgan fingerprint density at radius 1 is 1.08 bits per heavy atom. The molecule has 0 aliphatic carbocycles. The minimum Gasteiger partial charge on any atom is -0.508 e. The van der Waals surface area contributed by atoms with Crippen molar-refractivity contribution in [3.05, 3.63) is 65.9 Å². The van der Waals surface area contributed by atoms with E-state index in [1.165, 1.54) is 6.07 Å². The van der Waals surface area contributed by atoms with Gasteiger partial charge < -0.3 is 24.1 Å². The SMILES string of the molecule is Cc1oc(OC(=O)O)cc1COc1ccc(-c2cccc(O)c2)cc1. The Hall–Kier alpha value is -3.41. The van der Waals surface area contributed by atoms with Crippen LogP contribution >= 0.6 is 0 Å². The molecule has 6 nitrogen and oxygen atoms in total. The molecule has 0 atom stereocenters. The lowest BCUT2D eigenvalue weighted by molar-refractivity contribution is 0.132. The van der Waals surface area contributed by atoms with E-state index in [9.17, 15) is 9.90 Å². The second-order valence-electron chi connectivity index (χ2n) is 5.38. The zero-order chi connectivity index (χ0) is 17.8. The summed E-state index contributed by atoms with van der Waals surface area (Å²) in [5.74, 6) is 1.33. The molecule has 6 heteroatoms. The molecule has 0 saturated heterocycles. The van der Waals surface area contributed by atoms with Crippen LogP contribution in [0.3, 0.4) is 0 Å². The molecule has 0 fully saturated rings. The van der Waals surface area contributed by atoms with Gasteiger partial charge in [0.2, 0.25) is 0 Å². The number of phenolic OH excluding ortho intramolecular Hbond substituents is 1. The molecular formula is C19H16O6. The number of rotatable bonds is 5. The van der Waals surface area contributed by atoms with Crippen LogP contribution in [0.25, 0.3) is 11.1 Å². The van der Waals surface area contributed by atoms with Crippen molar-refractivity contribution in [2.75, 3.05) is 0 Å². The molecule has 128 valence electrons. The third-order valence-corrected chi connectivity index (χ3v) is 3.61. The van der Waals surface area contributed by atoms with Gasteiger partial charge in [0.1, 0.15) is 23.9 Å². The molecule has 0 spiro atoms. The smallest absolute Gasteiger partial charge is 0.508 e. The number of ether oxygens (including phenoxy) is 2. The summed E-state index contributed by atoms with van der Waals surface area (Å²) in [6.45, 7) is 1.93. The van der Waals surface area contributed by atoms with Gasteiger partial charge in [-0.15, -0.1) is 0 Å². The number of carbonyl (C=O) groups is 1. The maximum absolute atomic E-state index is 10.5. The highest BCUT2D eigenvalue weighted by Crippen LogP contribution is 2.27. The summed E-state index contributed by atoms with van der Waals surface area (Å²) in [5.41, 5.74) is 2.57. The molecule has 2 aromatic carbocycles. The van der Waals surface area contributed by atoms with E-state index in [1.54, 1.807) is 25.1 Å². The van der Waals surface area contributed by atoms with E-state index >= 15 is 0 Å². The molecule has 0 radical (unpaired) electrons. The molecule has 0 aliphatic rings. The van der Waals surface area contributed by atoms with Gasteiger partial charge in [-0.1, -0.05) is 24.3 Å². The van der Waals surface area contributed by atoms with Crippen molar-refractivity contribution in [2.24, 2.45) is 0 Å². The van der Waals surface area contributed by atoms with Gasteiger partial charge in [0, 0.05) is 11.6 Å². The van der Waals surface area contributed by atoms with Crippen molar-refractivity contribution in [1.29, 1.82) is 0 Å². The fourth-order valence-electron chi connectivity index (χ4n) is 2.36. The van der Waals surface area contributed by atoms with Crippen molar-refractivity contribution in [2.45, 2.75) is 13.5 Å². The maximum Gasteiger partial charge on any atom is 0.513 e. The number of hydrogen-bond acceptors (Lipinski definition) is 5. The van der Waals surface area contributed by atoms with Gasteiger partial charge in [-0.3, -0.25) is 0 Å². The van der Waals surface area contributed by atoms with Gasteiger partial charge in [0.05, 0.1) is 0 Å². The van der Waals surface area contributed by atoms with Crippen molar-refractivity contribution in [1.82, 2.24) is 0 Å². The molecule has 0 unspecified atom stereocenters. The third kappa shape index (κ3) is 4.11. The number of phenols is 1. The first-order chi connectivity index (χ1) is 12.0. The van der Waals surface area contributed by atoms with Crippen molar-refractivity contribution < 1.29 is 28.9 Å². The number of carboxylic acid groups (broad SMARTS) is 1. The van der Waals surface area contributed by atoms with Gasteiger partial charge in [0.15, 0.2) is 0 Å². The van der Waals surface area contributed by atoms with Gasteiger partial charge in [-0.25, -0.2) is 4.79 Å². The van der Waals surface area contributed by atoms with E-state index in [0.717, 1.165) is 11.1 Å². The predicted molar refractivity (Wildman–Crippen MR) is 90.0 cm³/mol. The van der Waals surface area contributed by atoms with Gasteiger partial charge >= 0.3 is 6.16 Å². The van der Waals surface area contributed by atoms with Crippen LogP contribution in [0.4, 0.5) is 4.79 Å². The molecule has 0 amide bonds. The lowest BCUT2D eigenvalue weighted by Crippen LogP contribution is -2.01. The molecule has 0 saturated carbocycles. The lowest BCUT2D eigenvalue weighted by atomic mass is 10.1. The Morgan fingerprint density at radius 3 is 2.52 bits per heavy atom. The van der Waals surface area contributed by atoms with E-state index < -0.39 is 6.16 Å². The van der Waals surface area contributed by atoms with Crippen LogP contribution in [0.1, 0.15) is 11.3 Å². The van der Waals surface area contributed by atoms with Crippen LogP contribution < -0.4 is 9.47 Å². The highest BCUT2D eigenvalue weighted by atomic mass is 16.7. The Bertz CT molecular complexity index is 879. The van der Waals surface area contributed by atoms with E-state index in [0.29, 0.717) is 17.1 Å². The van der Waals surface area contributed by atoms with E-state index in [2.05, 4.69) is 4.74 Å². The molecule has 0 bridgehead atoms. The summed E-state index contributed by atoms with van der Waals surface area (Å²) in [6, 6.07) is 15.9. The average molecular weight is 340 g/mol. The van der Waals surface area contributed by atoms with Gasteiger partial charge in [-0.05, 0) is 42.3 Å². The Labute approximate surface area is 143 Å². The molecule has 25 heavy (non-hydrogen) atoms. The zero-order valence-corrected chi connectivity index (χ0v) is 13.4. The molecule has 3 aromatic rings. The van der Waals surface area contributed by atoms with E-state index in [1.807, 2.05) is 30.3 Å². The summed E-state index contributed by atoms with van der Waals surface area (Å²) >= 11 is 0. The molecule has 1 heterocycles. The van der Waals surface area contributed by atoms with Gasteiger partial charge in [0.25, 0.3) is 5.95 Å². The second kappa shape index (κ2) is 7.00. The van der Waals surface area contributed by atoms with Crippen LogP contribution in [-0.4, -0.2) is 16.4 Å². The maximum atomic E-state index is 10.5. The molecule has 3 rings (SSSR count). The molecular weight excluding hydrogens is 324 g/mol. The third-order valence-electron chi connectivity index (χ3n) is 3.61. The van der Waals surface area contributed by atoms with Crippen LogP contribution in [0.5, 0.6) is 17.4 Å². The van der Waals surface area contributed by atoms with Crippen LogP contribution in [0, 0.1) is 6.92 Å². The predicted octanol–water partition coefficient (Wildman–Crippen LogP) is 4.60. The minimum atomic E-state index is -1.43. The van der Waals surface area contributed by atoms with Crippen LogP contribution in [0.2, 0.25) is 0 Å². The van der Waals surface area contributed by atoms with Crippen LogP contribution in [0.15, 0.2) is 59.0 Å². The summed E-state index contributed by atoms with van der Waals surface area (Å²) in [4.78, 5) is 10.5. The second-order valence-corrected chi connectivity index (χ2v) is 5.38. The van der Waals surface area contributed by atoms with Crippen molar-refractivity contribution in [3.63, 3.8) is 0 Å². The number of aromatic hydroxyl groups is 1. The largest absolute Gasteiger partial charge is 0.513 e. The number of benzene rings is 2. The average Bonchev–Trinajstić information content (AvgIpc) is 2.92. The molecule has 1 aromatic heterocycles. The number of furan rings is 1. The number of hydrogen-bond donors (Lipinski definition) is 2. The fourth-order valence-corrected chi connectivity index (χ4v) is 2.36. The molecule has 2 N–H and O–H groups in total. The Morgan fingerprint density at radius 2 is 1.84 bits per heavy atom. The Balaban J connectivity index is 1.66. The standard InChI is InChI=1S/C19H16O6/c1-12-15(10-18(24-12)25-19(21)22)11-23-17-7-5-13(6-8-17)14-3-2-4-16(20)9-14/h2-10,20H,11H2,1H3,(H,21,22). The molecule has 0 aliphatic heterocycles. The lowest BCUT2D eigenvalue weighted by Gasteiger charge is -2.07. The first-order valence-electron chi connectivity index (χ1n) is 7.53. The highest BCUT2D eigenvalue weighted by molar-refractivity contribution is 5.65. The van der Waals surface area contributed by atoms with E-state index in [-0.39, 0.29) is 18.3 Å². The summed E-state index contributed by atoms with van der Waals surface area (Å²) in [5, 5.41) is 18.1. The normalized spacial score (nSPS) is 10.4. The minimum absolute atomic E-state index is 0.0807. The topological polar surface area (TPSA) is 89.1 Å². The highest BCUT2D eigenvalue weighted by Gasteiger charge is 2.12. The quantitative estimate of drug-likeness (QED) is 0.660. The Kier molecular flexibility index (Phi) is 4.61.